The van der Waals surface area contributed by atoms with Gasteiger partial charge in [0.05, 0.1) is 6.54 Å². The minimum Gasteiger partial charge on any atom is -0.357 e. The molecule has 1 fully saturated rings. The highest BCUT2D eigenvalue weighted by atomic mass is 15.2. The zero-order chi connectivity index (χ0) is 18.8. The fraction of sp³-hybridized carbons (Fsp3) is 0.950. The maximum atomic E-state index is 4.94. The summed E-state index contributed by atoms with van der Waals surface area (Å²) >= 11 is 0. The molecular formula is C20H43N5. The number of piperidine rings is 1. The van der Waals surface area contributed by atoms with Crippen LogP contribution in [0.15, 0.2) is 4.99 Å². The first-order valence-electron chi connectivity index (χ1n) is 10.4. The molecule has 0 aromatic carbocycles. The van der Waals surface area contributed by atoms with Crippen molar-refractivity contribution >= 4 is 5.96 Å². The van der Waals surface area contributed by atoms with Gasteiger partial charge in [0.2, 0.25) is 0 Å². The summed E-state index contributed by atoms with van der Waals surface area (Å²) in [6.45, 7) is 15.4. The van der Waals surface area contributed by atoms with Crippen LogP contribution in [0.25, 0.3) is 0 Å². The third kappa shape index (κ3) is 7.53. The standard InChI is InChI=1S/C20H43N5/c1-8-17(9-2)19(24(6)7)15-22-20(21-10-3)23-18-11-13-25(14-12-18)16(4)5/h16-19H,8-15H2,1-7H3,(H2,21,22,23). The van der Waals surface area contributed by atoms with Gasteiger partial charge in [-0.05, 0) is 53.6 Å². The first kappa shape index (κ1) is 22.2. The Morgan fingerprint density at radius 3 is 2.16 bits per heavy atom. The highest BCUT2D eigenvalue weighted by molar-refractivity contribution is 5.80. The predicted molar refractivity (Wildman–Crippen MR) is 110 cm³/mol. The number of likely N-dealkylation sites (tertiary alicyclic amines) is 1. The number of nitrogens with one attached hydrogen (secondary N) is 2. The van der Waals surface area contributed by atoms with Gasteiger partial charge in [0, 0.05) is 37.8 Å². The van der Waals surface area contributed by atoms with Crippen LogP contribution in [0, 0.1) is 5.92 Å². The van der Waals surface area contributed by atoms with Crippen LogP contribution in [0.5, 0.6) is 0 Å². The molecule has 0 bridgehead atoms. The average molecular weight is 354 g/mol. The molecule has 1 aliphatic rings. The molecule has 5 heteroatoms. The first-order valence-corrected chi connectivity index (χ1v) is 10.4. The van der Waals surface area contributed by atoms with Crippen molar-refractivity contribution in [2.24, 2.45) is 10.9 Å². The lowest BCUT2D eigenvalue weighted by atomic mass is 9.93. The SMILES string of the molecule is CCNC(=NCC(C(CC)CC)N(C)C)NC1CCN(C(C)C)CC1. The third-order valence-electron chi connectivity index (χ3n) is 5.64. The molecule has 1 unspecified atom stereocenters. The summed E-state index contributed by atoms with van der Waals surface area (Å²) in [5.74, 6) is 1.69. The summed E-state index contributed by atoms with van der Waals surface area (Å²) in [5, 5.41) is 7.12. The summed E-state index contributed by atoms with van der Waals surface area (Å²) in [5.41, 5.74) is 0. The molecule has 0 radical (unpaired) electrons. The molecule has 1 atom stereocenters. The molecule has 0 spiro atoms. The first-order chi connectivity index (χ1) is 11.9. The second-order valence-electron chi connectivity index (χ2n) is 7.88. The van der Waals surface area contributed by atoms with E-state index in [4.69, 9.17) is 4.99 Å². The highest BCUT2D eigenvalue weighted by Gasteiger charge is 2.23. The van der Waals surface area contributed by atoms with Crippen molar-refractivity contribution in [1.82, 2.24) is 20.4 Å². The number of likely N-dealkylation sites (N-methyl/N-ethyl adjacent to an activating group) is 1. The van der Waals surface area contributed by atoms with Gasteiger partial charge in [0.1, 0.15) is 0 Å². The molecule has 0 aromatic heterocycles. The van der Waals surface area contributed by atoms with Crippen molar-refractivity contribution in [3.8, 4) is 0 Å². The molecule has 0 aliphatic carbocycles. The van der Waals surface area contributed by atoms with Gasteiger partial charge in [-0.1, -0.05) is 26.7 Å². The van der Waals surface area contributed by atoms with Gasteiger partial charge in [0.25, 0.3) is 0 Å². The lowest BCUT2D eigenvalue weighted by molar-refractivity contribution is 0.167. The van der Waals surface area contributed by atoms with Crippen molar-refractivity contribution in [3.63, 3.8) is 0 Å². The van der Waals surface area contributed by atoms with Crippen LogP contribution >= 0.6 is 0 Å². The van der Waals surface area contributed by atoms with E-state index in [0.717, 1.165) is 19.0 Å². The fourth-order valence-corrected chi connectivity index (χ4v) is 3.83. The molecule has 0 saturated carbocycles. The van der Waals surface area contributed by atoms with E-state index in [1.54, 1.807) is 0 Å². The number of aliphatic imine (C=N–C) groups is 1. The molecule has 25 heavy (non-hydrogen) atoms. The normalized spacial score (nSPS) is 19.0. The van der Waals surface area contributed by atoms with E-state index in [0.29, 0.717) is 24.0 Å². The minimum absolute atomic E-state index is 0.508. The monoisotopic (exact) mass is 353 g/mol. The molecule has 2 N–H and O–H groups in total. The van der Waals surface area contributed by atoms with E-state index in [1.165, 1.54) is 38.8 Å². The van der Waals surface area contributed by atoms with Gasteiger partial charge in [-0.3, -0.25) is 4.99 Å². The summed E-state index contributed by atoms with van der Waals surface area (Å²) in [6.07, 6.45) is 4.83. The summed E-state index contributed by atoms with van der Waals surface area (Å²) in [4.78, 5) is 9.85. The number of hydrogen-bond acceptors (Lipinski definition) is 3. The topological polar surface area (TPSA) is 42.9 Å². The smallest absolute Gasteiger partial charge is 0.191 e. The van der Waals surface area contributed by atoms with E-state index >= 15 is 0 Å². The van der Waals surface area contributed by atoms with Crippen LogP contribution in [0.1, 0.15) is 60.3 Å². The molecule has 0 amide bonds. The zero-order valence-electron chi connectivity index (χ0n) is 17.8. The number of nitrogens with zero attached hydrogens (tertiary/aromatic N) is 3. The fourth-order valence-electron chi connectivity index (χ4n) is 3.83. The Labute approximate surface area is 156 Å². The van der Waals surface area contributed by atoms with Gasteiger partial charge in [-0.25, -0.2) is 0 Å². The maximum absolute atomic E-state index is 4.94. The van der Waals surface area contributed by atoms with Crippen molar-refractivity contribution in [3.05, 3.63) is 0 Å². The van der Waals surface area contributed by atoms with Crippen molar-refractivity contribution in [2.45, 2.75) is 78.4 Å². The Morgan fingerprint density at radius 1 is 1.12 bits per heavy atom. The van der Waals surface area contributed by atoms with E-state index in [-0.39, 0.29) is 0 Å². The van der Waals surface area contributed by atoms with Crippen LogP contribution < -0.4 is 10.6 Å². The van der Waals surface area contributed by atoms with Crippen LogP contribution in [0.2, 0.25) is 0 Å². The molecule has 1 saturated heterocycles. The Balaban J connectivity index is 2.64. The maximum Gasteiger partial charge on any atom is 0.191 e. The predicted octanol–water partition coefficient (Wildman–Crippen LogP) is 2.78. The van der Waals surface area contributed by atoms with E-state index < -0.39 is 0 Å². The van der Waals surface area contributed by atoms with Crippen molar-refractivity contribution in [2.75, 3.05) is 40.3 Å². The Kier molecular flexibility index (Phi) is 10.4. The lowest BCUT2D eigenvalue weighted by Crippen LogP contribution is -2.50. The largest absolute Gasteiger partial charge is 0.357 e. The number of guanidine groups is 1. The van der Waals surface area contributed by atoms with Crippen LogP contribution in [0.4, 0.5) is 0 Å². The molecular weight excluding hydrogens is 310 g/mol. The van der Waals surface area contributed by atoms with E-state index in [9.17, 15) is 0 Å². The zero-order valence-corrected chi connectivity index (χ0v) is 17.8. The van der Waals surface area contributed by atoms with Gasteiger partial charge in [0.15, 0.2) is 5.96 Å². The average Bonchev–Trinajstić information content (AvgIpc) is 2.58. The highest BCUT2D eigenvalue weighted by Crippen LogP contribution is 2.17. The Hall–Kier alpha value is -0.810. The van der Waals surface area contributed by atoms with E-state index in [1.807, 2.05) is 0 Å². The second kappa shape index (κ2) is 11.7. The Morgan fingerprint density at radius 2 is 1.72 bits per heavy atom. The summed E-state index contributed by atoms with van der Waals surface area (Å²) < 4.78 is 0. The van der Waals surface area contributed by atoms with Crippen LogP contribution in [-0.4, -0.2) is 74.2 Å². The minimum atomic E-state index is 0.508. The van der Waals surface area contributed by atoms with E-state index in [2.05, 4.69) is 69.1 Å². The van der Waals surface area contributed by atoms with Gasteiger partial charge < -0.3 is 20.4 Å². The summed E-state index contributed by atoms with van der Waals surface area (Å²) in [7, 11) is 4.36. The quantitative estimate of drug-likeness (QED) is 0.494. The lowest BCUT2D eigenvalue weighted by Gasteiger charge is -2.35. The molecule has 1 heterocycles. The van der Waals surface area contributed by atoms with Crippen LogP contribution in [0.3, 0.4) is 0 Å². The molecule has 1 aliphatic heterocycles. The summed E-state index contributed by atoms with van der Waals surface area (Å²) in [6, 6.07) is 1.70. The van der Waals surface area contributed by atoms with Gasteiger partial charge in [-0.15, -0.1) is 0 Å². The Bertz CT molecular complexity index is 368. The molecule has 5 nitrogen and oxygen atoms in total. The number of rotatable bonds is 9. The van der Waals surface area contributed by atoms with Crippen molar-refractivity contribution < 1.29 is 0 Å². The van der Waals surface area contributed by atoms with Crippen molar-refractivity contribution in [1.29, 1.82) is 0 Å². The molecule has 1 rings (SSSR count). The van der Waals surface area contributed by atoms with Gasteiger partial charge in [-0.2, -0.15) is 0 Å². The molecule has 0 aromatic rings. The second-order valence-corrected chi connectivity index (χ2v) is 7.88. The molecule has 148 valence electrons. The van der Waals surface area contributed by atoms with Gasteiger partial charge >= 0.3 is 0 Å². The number of hydrogen-bond donors (Lipinski definition) is 2. The van der Waals surface area contributed by atoms with Crippen LogP contribution in [-0.2, 0) is 0 Å². The third-order valence-corrected chi connectivity index (χ3v) is 5.64.